The zero-order valence-electron chi connectivity index (χ0n) is 15.2. The van der Waals surface area contributed by atoms with E-state index in [0.29, 0.717) is 11.3 Å². The van der Waals surface area contributed by atoms with E-state index >= 15 is 0 Å². The predicted molar refractivity (Wildman–Crippen MR) is 101 cm³/mol. The second-order valence-corrected chi connectivity index (χ2v) is 6.74. The molecule has 9 heteroatoms. The Kier molecular flexibility index (Phi) is 7.03. The Hall–Kier alpha value is -2.78. The third kappa shape index (κ3) is 5.60. The highest BCUT2D eigenvalue weighted by molar-refractivity contribution is 7.17. The molecule has 0 fully saturated rings. The van der Waals surface area contributed by atoms with Gasteiger partial charge in [0.15, 0.2) is 5.13 Å². The fraction of sp³-hybridized carbons (Fsp3) is 0.333. The molecule has 0 radical (unpaired) electrons. The van der Waals surface area contributed by atoms with E-state index in [1.54, 1.807) is 32.0 Å². The number of aromatic nitrogens is 1. The maximum atomic E-state index is 12.1. The number of rotatable bonds is 7. The molecule has 27 heavy (non-hydrogen) atoms. The second kappa shape index (κ2) is 9.24. The Morgan fingerprint density at radius 3 is 2.70 bits per heavy atom. The molecule has 144 valence electrons. The number of nitrogens with zero attached hydrogens (tertiary/aromatic N) is 1. The van der Waals surface area contributed by atoms with Crippen molar-refractivity contribution in [3.63, 3.8) is 0 Å². The molecule has 1 aromatic carbocycles. The summed E-state index contributed by atoms with van der Waals surface area (Å²) >= 11 is 0.960. The minimum absolute atomic E-state index is 0.171. The first-order valence-electron chi connectivity index (χ1n) is 8.30. The number of ether oxygens (including phenoxy) is 1. The fourth-order valence-electron chi connectivity index (χ4n) is 2.20. The number of thiazole rings is 1. The van der Waals surface area contributed by atoms with Crippen LogP contribution in [0.3, 0.4) is 0 Å². The lowest BCUT2D eigenvalue weighted by molar-refractivity contribution is -0.123. The summed E-state index contributed by atoms with van der Waals surface area (Å²) in [5, 5.41) is 15.1. The lowest BCUT2D eigenvalue weighted by atomic mass is 10.1. The van der Waals surface area contributed by atoms with Gasteiger partial charge in [0.2, 0.25) is 0 Å². The summed E-state index contributed by atoms with van der Waals surface area (Å²) < 4.78 is 4.91. The molecule has 1 aromatic heterocycles. The Morgan fingerprint density at radius 1 is 1.30 bits per heavy atom. The van der Waals surface area contributed by atoms with Gasteiger partial charge in [0.1, 0.15) is 11.0 Å². The van der Waals surface area contributed by atoms with Gasteiger partial charge in [-0.25, -0.2) is 9.78 Å². The van der Waals surface area contributed by atoms with Gasteiger partial charge in [-0.1, -0.05) is 29.0 Å². The number of aryl methyl sites for hydroxylation is 2. The van der Waals surface area contributed by atoms with E-state index in [1.807, 2.05) is 13.0 Å². The van der Waals surface area contributed by atoms with Crippen LogP contribution in [0.25, 0.3) is 0 Å². The quantitative estimate of drug-likeness (QED) is 0.618. The first kappa shape index (κ1) is 20.5. The summed E-state index contributed by atoms with van der Waals surface area (Å²) in [6, 6.07) is 6.96. The van der Waals surface area contributed by atoms with Crippen LogP contribution in [-0.2, 0) is 9.53 Å². The monoisotopic (exact) mass is 391 g/mol. The van der Waals surface area contributed by atoms with Crippen molar-refractivity contribution < 1.29 is 24.2 Å². The summed E-state index contributed by atoms with van der Waals surface area (Å²) in [4.78, 5) is 40.3. The van der Waals surface area contributed by atoms with E-state index < -0.39 is 18.0 Å². The van der Waals surface area contributed by atoms with Crippen LogP contribution in [0.1, 0.15) is 38.2 Å². The lowest BCUT2D eigenvalue weighted by Crippen LogP contribution is -2.39. The van der Waals surface area contributed by atoms with Crippen LogP contribution >= 0.6 is 11.3 Å². The van der Waals surface area contributed by atoms with E-state index in [2.05, 4.69) is 15.6 Å². The topological polar surface area (TPSA) is 118 Å². The van der Waals surface area contributed by atoms with Gasteiger partial charge >= 0.3 is 5.97 Å². The van der Waals surface area contributed by atoms with Crippen molar-refractivity contribution in [2.75, 3.05) is 18.5 Å². The second-order valence-electron chi connectivity index (χ2n) is 5.74. The number of anilines is 1. The van der Waals surface area contributed by atoms with Crippen molar-refractivity contribution in [2.45, 2.75) is 26.9 Å². The average Bonchev–Trinajstić information content (AvgIpc) is 2.99. The highest BCUT2D eigenvalue weighted by Gasteiger charge is 2.21. The number of amides is 2. The van der Waals surface area contributed by atoms with Crippen molar-refractivity contribution in [1.82, 2.24) is 10.3 Å². The number of nitrogens with one attached hydrogen (secondary N) is 2. The number of aliphatic hydroxyl groups excluding tert-OH is 1. The molecule has 2 rings (SSSR count). The minimum atomic E-state index is -1.46. The van der Waals surface area contributed by atoms with Gasteiger partial charge in [-0.15, -0.1) is 0 Å². The molecule has 8 nitrogen and oxygen atoms in total. The van der Waals surface area contributed by atoms with Gasteiger partial charge in [-0.3, -0.25) is 14.9 Å². The van der Waals surface area contributed by atoms with Crippen LogP contribution < -0.4 is 10.6 Å². The summed E-state index contributed by atoms with van der Waals surface area (Å²) in [6.45, 7) is 5.15. The average molecular weight is 391 g/mol. The van der Waals surface area contributed by atoms with E-state index in [4.69, 9.17) is 4.74 Å². The smallest absolute Gasteiger partial charge is 0.350 e. The first-order chi connectivity index (χ1) is 12.8. The maximum absolute atomic E-state index is 12.1. The summed E-state index contributed by atoms with van der Waals surface area (Å²) in [7, 11) is 0. The van der Waals surface area contributed by atoms with E-state index in [-0.39, 0.29) is 29.1 Å². The molecule has 0 saturated carbocycles. The summed E-state index contributed by atoms with van der Waals surface area (Å²) in [6.07, 6.45) is -1.46. The largest absolute Gasteiger partial charge is 0.462 e. The molecule has 0 saturated heterocycles. The molecule has 0 spiro atoms. The van der Waals surface area contributed by atoms with Crippen molar-refractivity contribution in [3.05, 3.63) is 46.0 Å². The van der Waals surface area contributed by atoms with E-state index in [1.165, 1.54) is 0 Å². The van der Waals surface area contributed by atoms with Gasteiger partial charge in [0, 0.05) is 5.56 Å². The highest BCUT2D eigenvalue weighted by Crippen LogP contribution is 2.23. The van der Waals surface area contributed by atoms with Crippen LogP contribution in [0, 0.1) is 13.8 Å². The van der Waals surface area contributed by atoms with Gasteiger partial charge in [0.05, 0.1) is 18.8 Å². The molecule has 2 aromatic rings. The van der Waals surface area contributed by atoms with Crippen LogP contribution in [-0.4, -0.2) is 47.1 Å². The van der Waals surface area contributed by atoms with Crippen molar-refractivity contribution in [1.29, 1.82) is 0 Å². The minimum Gasteiger partial charge on any atom is -0.462 e. The number of carbonyl (C=O) groups is 3. The molecule has 0 aliphatic heterocycles. The van der Waals surface area contributed by atoms with Crippen LogP contribution in [0.4, 0.5) is 5.13 Å². The van der Waals surface area contributed by atoms with Gasteiger partial charge in [-0.2, -0.15) is 0 Å². The number of benzene rings is 1. The third-order valence-electron chi connectivity index (χ3n) is 3.53. The Labute approximate surface area is 160 Å². The fourth-order valence-corrected chi connectivity index (χ4v) is 3.06. The zero-order chi connectivity index (χ0) is 20.0. The molecule has 2 amide bonds. The van der Waals surface area contributed by atoms with Crippen LogP contribution in [0.15, 0.2) is 24.3 Å². The Balaban J connectivity index is 1.91. The lowest BCUT2D eigenvalue weighted by Gasteiger charge is -2.11. The zero-order valence-corrected chi connectivity index (χ0v) is 16.1. The Morgan fingerprint density at radius 2 is 2.04 bits per heavy atom. The molecule has 0 aliphatic carbocycles. The molecule has 1 heterocycles. The van der Waals surface area contributed by atoms with Crippen molar-refractivity contribution in [2.24, 2.45) is 0 Å². The molecule has 0 unspecified atom stereocenters. The molecule has 1 atom stereocenters. The van der Waals surface area contributed by atoms with Gasteiger partial charge < -0.3 is 15.2 Å². The van der Waals surface area contributed by atoms with Crippen molar-refractivity contribution >= 4 is 34.3 Å². The third-order valence-corrected chi connectivity index (χ3v) is 4.58. The number of carbonyl (C=O) groups excluding carboxylic acids is 3. The number of hydrogen-bond acceptors (Lipinski definition) is 7. The molecule has 0 bridgehead atoms. The molecule has 3 N–H and O–H groups in total. The maximum Gasteiger partial charge on any atom is 0.350 e. The number of esters is 1. The normalized spacial score (nSPS) is 11.6. The van der Waals surface area contributed by atoms with Crippen LogP contribution in [0.5, 0.6) is 0 Å². The summed E-state index contributed by atoms with van der Waals surface area (Å²) in [5.41, 5.74) is 1.80. The number of aliphatic hydroxyl groups is 1. The van der Waals surface area contributed by atoms with E-state index in [0.717, 1.165) is 16.9 Å². The van der Waals surface area contributed by atoms with Gasteiger partial charge in [-0.05, 0) is 32.9 Å². The highest BCUT2D eigenvalue weighted by atomic mass is 32.1. The Bertz CT molecular complexity index is 849. The number of hydrogen-bond donors (Lipinski definition) is 3. The predicted octanol–water partition coefficient (Wildman–Crippen LogP) is 1.67. The summed E-state index contributed by atoms with van der Waals surface area (Å²) in [5.74, 6) is -1.64. The van der Waals surface area contributed by atoms with E-state index in [9.17, 15) is 19.5 Å². The molecular formula is C18H21N3O5S. The van der Waals surface area contributed by atoms with Gasteiger partial charge in [0.25, 0.3) is 11.8 Å². The first-order valence-corrected chi connectivity index (χ1v) is 9.11. The van der Waals surface area contributed by atoms with Crippen LogP contribution in [0.2, 0.25) is 0 Å². The SMILES string of the molecule is CCOC(=O)c1sc(NC(=O)[C@@H](O)CNC(=O)c2cccc(C)c2)nc1C. The molecular weight excluding hydrogens is 370 g/mol. The standard InChI is InChI=1S/C18H21N3O5S/c1-4-26-17(25)14-11(3)20-18(27-14)21-16(24)13(22)9-19-15(23)12-7-5-6-10(2)8-12/h5-8,13,22H,4,9H2,1-3H3,(H,19,23)(H,20,21,24)/t13-/m0/s1. The van der Waals surface area contributed by atoms with Crippen molar-refractivity contribution in [3.8, 4) is 0 Å². The molecule has 0 aliphatic rings.